The first kappa shape index (κ1) is 19.9. The smallest absolute Gasteiger partial charge is 0.192 e. The van der Waals surface area contributed by atoms with Gasteiger partial charge >= 0.3 is 0 Å². The summed E-state index contributed by atoms with van der Waals surface area (Å²) in [6.45, 7) is 18.5. The van der Waals surface area contributed by atoms with Crippen molar-refractivity contribution in [3.8, 4) is 0 Å². The van der Waals surface area contributed by atoms with Gasteiger partial charge in [-0.3, -0.25) is 4.79 Å². The molecule has 2 fully saturated rings. The fraction of sp³-hybridized carbons (Fsp3) is 0.773. The van der Waals surface area contributed by atoms with E-state index in [2.05, 4.69) is 54.6 Å². The van der Waals surface area contributed by atoms with E-state index in [1.165, 1.54) is 0 Å². The highest BCUT2D eigenvalue weighted by atomic mass is 28.4. The second-order valence-corrected chi connectivity index (χ2v) is 15.7. The molecule has 0 aromatic carbocycles. The summed E-state index contributed by atoms with van der Waals surface area (Å²) in [5.41, 5.74) is 1.02. The molecule has 0 bridgehead atoms. The third kappa shape index (κ3) is 2.93. The molecule has 26 heavy (non-hydrogen) atoms. The average molecular weight is 377 g/mol. The Balaban J connectivity index is 2.05. The van der Waals surface area contributed by atoms with Crippen molar-refractivity contribution in [1.29, 1.82) is 0 Å². The third-order valence-electron chi connectivity index (χ3n) is 7.91. The maximum Gasteiger partial charge on any atom is 0.192 e. The Hall–Kier alpha value is -0.873. The highest BCUT2D eigenvalue weighted by molar-refractivity contribution is 6.74. The molecule has 146 valence electrons. The Kier molecular flexibility index (Phi) is 4.64. The van der Waals surface area contributed by atoms with Crippen molar-refractivity contribution in [2.45, 2.75) is 91.0 Å². The van der Waals surface area contributed by atoms with Gasteiger partial charge in [0, 0.05) is 17.4 Å². The molecule has 3 rings (SSSR count). The lowest BCUT2D eigenvalue weighted by Gasteiger charge is -2.55. The number of rotatable bonds is 3. The van der Waals surface area contributed by atoms with Crippen LogP contribution in [0.2, 0.25) is 18.1 Å². The molecule has 1 heterocycles. The van der Waals surface area contributed by atoms with E-state index >= 15 is 0 Å². The molecule has 0 aliphatic heterocycles. The van der Waals surface area contributed by atoms with Gasteiger partial charge < -0.3 is 8.84 Å². The number of fused-ring (bicyclic) bond motifs is 1. The Bertz CT molecular complexity index is 668. The lowest BCUT2D eigenvalue weighted by Crippen LogP contribution is -2.55. The van der Waals surface area contributed by atoms with Crippen molar-refractivity contribution in [2.75, 3.05) is 0 Å². The number of carbonyl (C=O) groups excluding carboxylic acids is 1. The third-order valence-corrected chi connectivity index (χ3v) is 12.4. The first-order valence-electron chi connectivity index (χ1n) is 10.0. The molecule has 4 heteroatoms. The van der Waals surface area contributed by atoms with Crippen molar-refractivity contribution < 1.29 is 13.6 Å². The summed E-state index contributed by atoms with van der Waals surface area (Å²) in [6, 6.07) is 1.97. The molecular formula is C22H36O3Si. The molecule has 1 aromatic heterocycles. The summed E-state index contributed by atoms with van der Waals surface area (Å²) in [5.74, 6) is 0.601. The summed E-state index contributed by atoms with van der Waals surface area (Å²) in [6.07, 6.45) is 6.41. The molecule has 3 nitrogen and oxygen atoms in total. The molecule has 1 aromatic rings. The van der Waals surface area contributed by atoms with Crippen LogP contribution in [0.15, 0.2) is 23.0 Å². The highest BCUT2D eigenvalue weighted by Gasteiger charge is 2.63. The molecule has 0 radical (unpaired) electrons. The number of carbonyl (C=O) groups is 1. The largest absolute Gasteiger partial charge is 0.472 e. The van der Waals surface area contributed by atoms with Crippen LogP contribution >= 0.6 is 0 Å². The monoisotopic (exact) mass is 376 g/mol. The first-order valence-corrected chi connectivity index (χ1v) is 12.9. The van der Waals surface area contributed by atoms with Crippen molar-refractivity contribution >= 4 is 14.1 Å². The fourth-order valence-corrected chi connectivity index (χ4v) is 6.74. The van der Waals surface area contributed by atoms with Crippen molar-refractivity contribution in [1.82, 2.24) is 0 Å². The van der Waals surface area contributed by atoms with Crippen LogP contribution in [-0.4, -0.2) is 20.2 Å². The van der Waals surface area contributed by atoms with E-state index in [1.807, 2.05) is 6.07 Å². The number of ketones is 1. The Morgan fingerprint density at radius 3 is 2.42 bits per heavy atom. The van der Waals surface area contributed by atoms with E-state index in [0.29, 0.717) is 18.1 Å². The predicted octanol–water partition coefficient (Wildman–Crippen LogP) is 6.17. The quantitative estimate of drug-likeness (QED) is 0.592. The number of furan rings is 1. The summed E-state index contributed by atoms with van der Waals surface area (Å²) < 4.78 is 12.3. The van der Waals surface area contributed by atoms with Crippen molar-refractivity contribution in [3.63, 3.8) is 0 Å². The van der Waals surface area contributed by atoms with E-state index in [0.717, 1.165) is 18.4 Å². The van der Waals surface area contributed by atoms with Crippen LogP contribution in [0, 0.1) is 16.7 Å². The van der Waals surface area contributed by atoms with E-state index in [4.69, 9.17) is 8.84 Å². The molecule has 0 spiro atoms. The second kappa shape index (κ2) is 6.06. The molecule has 2 saturated carbocycles. The molecule has 2 aliphatic rings. The number of hydrogen-bond acceptors (Lipinski definition) is 3. The van der Waals surface area contributed by atoms with E-state index in [9.17, 15) is 4.79 Å². The standard InChI is InChI=1S/C22H36O3Si/c1-20(2,3)26(7,8)25-18-9-11-21(4,5)17-13-16(23)19(22(17,18)6)15-10-12-24-14-15/h10,12,14,17-19H,9,11,13H2,1-8H3/t17-,18-,19+,22-/m0/s1. The molecule has 0 N–H and O–H groups in total. The van der Waals surface area contributed by atoms with Gasteiger partial charge in [0.25, 0.3) is 0 Å². The summed E-state index contributed by atoms with van der Waals surface area (Å²) in [4.78, 5) is 13.2. The van der Waals surface area contributed by atoms with Crippen molar-refractivity contribution in [2.24, 2.45) is 16.7 Å². The second-order valence-electron chi connectivity index (χ2n) is 11.0. The predicted molar refractivity (Wildman–Crippen MR) is 108 cm³/mol. The zero-order valence-electron chi connectivity index (χ0n) is 17.8. The van der Waals surface area contributed by atoms with E-state index in [-0.39, 0.29) is 27.9 Å². The minimum atomic E-state index is -1.92. The van der Waals surface area contributed by atoms with Crippen LogP contribution in [-0.2, 0) is 9.22 Å². The Labute approximate surface area is 160 Å². The lowest BCUT2D eigenvalue weighted by molar-refractivity contribution is -0.120. The number of Topliss-reactive ketones (excluding diaryl/α,β-unsaturated/α-hetero) is 1. The minimum Gasteiger partial charge on any atom is -0.472 e. The lowest BCUT2D eigenvalue weighted by atomic mass is 9.54. The van der Waals surface area contributed by atoms with Crippen LogP contribution in [0.25, 0.3) is 0 Å². The fourth-order valence-electron chi connectivity index (χ4n) is 5.31. The van der Waals surface area contributed by atoms with Crippen LogP contribution in [0.4, 0.5) is 0 Å². The SMILES string of the molecule is CC1(C)CC[C@H](O[Si](C)(C)C(C)(C)C)[C@@]2(C)[C@H](c3ccoc3)C(=O)C[C@@H]12. The summed E-state index contributed by atoms with van der Waals surface area (Å²) >= 11 is 0. The van der Waals surface area contributed by atoms with Gasteiger partial charge in [-0.25, -0.2) is 0 Å². The van der Waals surface area contributed by atoms with Gasteiger partial charge in [0.2, 0.25) is 0 Å². The van der Waals surface area contributed by atoms with Crippen molar-refractivity contribution in [3.05, 3.63) is 24.2 Å². The topological polar surface area (TPSA) is 39.4 Å². The van der Waals surface area contributed by atoms with E-state index < -0.39 is 8.32 Å². The normalized spacial score (nSPS) is 34.8. The van der Waals surface area contributed by atoms with Crippen LogP contribution in [0.3, 0.4) is 0 Å². The summed E-state index contributed by atoms with van der Waals surface area (Å²) in [5, 5.41) is 0.166. The van der Waals surface area contributed by atoms with Gasteiger partial charge in [0.1, 0.15) is 5.78 Å². The van der Waals surface area contributed by atoms with Gasteiger partial charge in [0.15, 0.2) is 8.32 Å². The summed E-state index contributed by atoms with van der Waals surface area (Å²) in [7, 11) is -1.92. The molecule has 2 aliphatic carbocycles. The molecule has 0 saturated heterocycles. The zero-order chi connectivity index (χ0) is 19.5. The van der Waals surface area contributed by atoms with Gasteiger partial charge in [-0.15, -0.1) is 0 Å². The van der Waals surface area contributed by atoms with Crippen LogP contribution in [0.1, 0.15) is 72.3 Å². The van der Waals surface area contributed by atoms with Gasteiger partial charge in [-0.1, -0.05) is 41.5 Å². The highest BCUT2D eigenvalue weighted by Crippen LogP contribution is 2.64. The van der Waals surface area contributed by atoms with Gasteiger partial charge in [0.05, 0.1) is 24.5 Å². The average Bonchev–Trinajstić information content (AvgIpc) is 3.08. The maximum absolute atomic E-state index is 13.2. The Morgan fingerprint density at radius 1 is 1.23 bits per heavy atom. The van der Waals surface area contributed by atoms with Gasteiger partial charge in [-0.2, -0.15) is 0 Å². The van der Waals surface area contributed by atoms with Gasteiger partial charge in [-0.05, 0) is 48.4 Å². The van der Waals surface area contributed by atoms with Crippen LogP contribution < -0.4 is 0 Å². The number of hydrogen-bond donors (Lipinski definition) is 0. The van der Waals surface area contributed by atoms with E-state index in [1.54, 1.807) is 12.5 Å². The Morgan fingerprint density at radius 2 is 1.88 bits per heavy atom. The molecule has 0 amide bonds. The maximum atomic E-state index is 13.2. The minimum absolute atomic E-state index is 0.111. The molecule has 4 atom stereocenters. The first-order chi connectivity index (χ1) is 11.8. The molecule has 0 unspecified atom stereocenters. The van der Waals surface area contributed by atoms with Crippen LogP contribution in [0.5, 0.6) is 0 Å². The molecular weight excluding hydrogens is 340 g/mol. The zero-order valence-corrected chi connectivity index (χ0v) is 18.8.